The van der Waals surface area contributed by atoms with Gasteiger partial charge in [-0.25, -0.2) is 10.2 Å². The maximum atomic E-state index is 12.7. The van der Waals surface area contributed by atoms with E-state index < -0.39 is 6.03 Å². The summed E-state index contributed by atoms with van der Waals surface area (Å²) in [6.07, 6.45) is 1.74. The standard InChI is InChI=1S/C26H33N5O5/c1-4-36-23-10-9-18(15-24(23)34-3)22(31-11-13-35-14-12-31)16-27-26(33)29-28-25(32)20-17-30(2)21-8-6-5-7-19(20)21/h5-10,15,17,22H,4,11-14,16H2,1-3H3,(H,28,32)(H2,27,29,33). The first-order valence-corrected chi connectivity index (χ1v) is 12.0. The number of hydrazine groups is 1. The van der Waals surface area contributed by atoms with Gasteiger partial charge in [0.15, 0.2) is 11.5 Å². The lowest BCUT2D eigenvalue weighted by Crippen LogP contribution is -2.50. The number of hydrogen-bond donors (Lipinski definition) is 3. The topological polar surface area (TPSA) is 106 Å². The van der Waals surface area contributed by atoms with Gasteiger partial charge in [-0.05, 0) is 30.7 Å². The molecule has 0 spiro atoms. The molecule has 0 aliphatic carbocycles. The number of nitrogens with zero attached hydrogens (tertiary/aromatic N) is 2. The van der Waals surface area contributed by atoms with Crippen LogP contribution in [0, 0.1) is 0 Å². The summed E-state index contributed by atoms with van der Waals surface area (Å²) in [4.78, 5) is 27.6. The highest BCUT2D eigenvalue weighted by Crippen LogP contribution is 2.32. The Morgan fingerprint density at radius 2 is 1.86 bits per heavy atom. The minimum Gasteiger partial charge on any atom is -0.493 e. The van der Waals surface area contributed by atoms with Crippen LogP contribution in [0.1, 0.15) is 28.9 Å². The minimum absolute atomic E-state index is 0.113. The van der Waals surface area contributed by atoms with E-state index in [0.29, 0.717) is 43.4 Å². The molecule has 1 saturated heterocycles. The van der Waals surface area contributed by atoms with Gasteiger partial charge in [0.05, 0.1) is 38.5 Å². The number of rotatable bonds is 8. The van der Waals surface area contributed by atoms with Gasteiger partial charge in [-0.15, -0.1) is 0 Å². The van der Waals surface area contributed by atoms with Crippen molar-refractivity contribution in [2.75, 3.05) is 46.6 Å². The van der Waals surface area contributed by atoms with E-state index in [2.05, 4.69) is 21.1 Å². The van der Waals surface area contributed by atoms with E-state index in [0.717, 1.165) is 29.6 Å². The number of morpholine rings is 1. The molecule has 1 aliphatic heterocycles. The number of methoxy groups -OCH3 is 1. The zero-order valence-electron chi connectivity index (χ0n) is 20.9. The summed E-state index contributed by atoms with van der Waals surface area (Å²) >= 11 is 0. The van der Waals surface area contributed by atoms with Crippen LogP contribution in [0.4, 0.5) is 4.79 Å². The molecule has 0 saturated carbocycles. The highest BCUT2D eigenvalue weighted by atomic mass is 16.5. The molecule has 1 aromatic heterocycles. The van der Waals surface area contributed by atoms with Crippen molar-refractivity contribution >= 4 is 22.8 Å². The number of hydrogen-bond acceptors (Lipinski definition) is 6. The molecule has 1 fully saturated rings. The number of para-hydroxylation sites is 1. The number of carbonyl (C=O) groups excluding carboxylic acids is 2. The average molecular weight is 496 g/mol. The summed E-state index contributed by atoms with van der Waals surface area (Å²) < 4.78 is 18.6. The van der Waals surface area contributed by atoms with Gasteiger partial charge in [-0.2, -0.15) is 0 Å². The number of ether oxygens (including phenoxy) is 3. The lowest BCUT2D eigenvalue weighted by Gasteiger charge is -2.35. The normalized spacial score (nSPS) is 14.8. The molecule has 1 unspecified atom stereocenters. The molecule has 36 heavy (non-hydrogen) atoms. The molecular weight excluding hydrogens is 462 g/mol. The summed E-state index contributed by atoms with van der Waals surface area (Å²) in [6, 6.07) is 12.8. The smallest absolute Gasteiger partial charge is 0.333 e. The number of fused-ring (bicyclic) bond motifs is 1. The number of urea groups is 1. The van der Waals surface area contributed by atoms with Crippen LogP contribution in [0.15, 0.2) is 48.7 Å². The molecule has 0 bridgehead atoms. The van der Waals surface area contributed by atoms with Crippen LogP contribution in [-0.2, 0) is 11.8 Å². The Balaban J connectivity index is 1.41. The molecule has 3 amide bonds. The Labute approximate surface area is 210 Å². The van der Waals surface area contributed by atoms with Crippen molar-refractivity contribution in [3.8, 4) is 11.5 Å². The summed E-state index contributed by atoms with van der Waals surface area (Å²) in [5.41, 5.74) is 7.38. The average Bonchev–Trinajstić information content (AvgIpc) is 3.25. The fourth-order valence-electron chi connectivity index (χ4n) is 4.45. The monoisotopic (exact) mass is 495 g/mol. The maximum Gasteiger partial charge on any atom is 0.333 e. The Morgan fingerprint density at radius 3 is 2.61 bits per heavy atom. The quantitative estimate of drug-likeness (QED) is 0.415. The van der Waals surface area contributed by atoms with Gasteiger partial charge >= 0.3 is 6.03 Å². The summed E-state index contributed by atoms with van der Waals surface area (Å²) in [5.74, 6) is 0.925. The third kappa shape index (κ3) is 5.72. The third-order valence-electron chi connectivity index (χ3n) is 6.25. The predicted molar refractivity (Wildman–Crippen MR) is 136 cm³/mol. The largest absolute Gasteiger partial charge is 0.493 e. The fourth-order valence-corrected chi connectivity index (χ4v) is 4.45. The van der Waals surface area contributed by atoms with Crippen LogP contribution in [0.2, 0.25) is 0 Å². The molecular formula is C26H33N5O5. The summed E-state index contributed by atoms with van der Waals surface area (Å²) in [5, 5.41) is 3.70. The second-order valence-corrected chi connectivity index (χ2v) is 8.47. The van der Waals surface area contributed by atoms with Gasteiger partial charge in [0, 0.05) is 43.8 Å². The number of benzene rings is 2. The molecule has 192 valence electrons. The van der Waals surface area contributed by atoms with E-state index in [4.69, 9.17) is 14.2 Å². The van der Waals surface area contributed by atoms with Crippen molar-refractivity contribution in [2.24, 2.45) is 7.05 Å². The fraction of sp³-hybridized carbons (Fsp3) is 0.385. The molecule has 3 aromatic rings. The Hall–Kier alpha value is -3.76. The van der Waals surface area contributed by atoms with Crippen LogP contribution < -0.4 is 25.6 Å². The Bertz CT molecular complexity index is 1200. The van der Waals surface area contributed by atoms with E-state index in [1.165, 1.54) is 0 Å². The van der Waals surface area contributed by atoms with Gasteiger partial charge in [0.1, 0.15) is 0 Å². The second-order valence-electron chi connectivity index (χ2n) is 8.47. The van der Waals surface area contributed by atoms with Crippen LogP contribution in [0.5, 0.6) is 11.5 Å². The number of aromatic nitrogens is 1. The van der Waals surface area contributed by atoms with Crippen LogP contribution in [0.25, 0.3) is 10.9 Å². The maximum absolute atomic E-state index is 12.7. The summed E-state index contributed by atoms with van der Waals surface area (Å²) in [7, 11) is 3.48. The lowest BCUT2D eigenvalue weighted by atomic mass is 10.0. The first-order chi connectivity index (χ1) is 17.5. The lowest BCUT2D eigenvalue weighted by molar-refractivity contribution is 0.0166. The number of amides is 3. The predicted octanol–water partition coefficient (Wildman–Crippen LogP) is 2.60. The van der Waals surface area contributed by atoms with Crippen LogP contribution >= 0.6 is 0 Å². The van der Waals surface area contributed by atoms with Crippen molar-refractivity contribution in [1.29, 1.82) is 0 Å². The molecule has 4 rings (SSSR count). The van der Waals surface area contributed by atoms with Gasteiger partial charge in [-0.3, -0.25) is 15.1 Å². The van der Waals surface area contributed by atoms with Crippen LogP contribution in [0.3, 0.4) is 0 Å². The highest BCUT2D eigenvalue weighted by Gasteiger charge is 2.24. The van der Waals surface area contributed by atoms with Crippen molar-refractivity contribution in [3.63, 3.8) is 0 Å². The van der Waals surface area contributed by atoms with Crippen molar-refractivity contribution in [3.05, 3.63) is 59.8 Å². The SMILES string of the molecule is CCOc1ccc(C(CNC(=O)NNC(=O)c2cn(C)c3ccccc23)N2CCOCC2)cc1OC. The number of nitrogens with one attached hydrogen (secondary N) is 3. The van der Waals surface area contributed by atoms with E-state index in [1.54, 1.807) is 13.3 Å². The number of aryl methyl sites for hydroxylation is 1. The molecule has 2 aromatic carbocycles. The minimum atomic E-state index is -0.500. The molecule has 1 atom stereocenters. The van der Waals surface area contributed by atoms with Gasteiger partial charge in [-0.1, -0.05) is 24.3 Å². The molecule has 1 aliphatic rings. The third-order valence-corrected chi connectivity index (χ3v) is 6.25. The van der Waals surface area contributed by atoms with Gasteiger partial charge < -0.3 is 24.1 Å². The van der Waals surface area contributed by atoms with Gasteiger partial charge in [0.25, 0.3) is 5.91 Å². The van der Waals surface area contributed by atoms with Crippen molar-refractivity contribution < 1.29 is 23.8 Å². The highest BCUT2D eigenvalue weighted by molar-refractivity contribution is 6.07. The van der Waals surface area contributed by atoms with E-state index in [1.807, 2.05) is 61.0 Å². The van der Waals surface area contributed by atoms with Crippen molar-refractivity contribution in [2.45, 2.75) is 13.0 Å². The summed E-state index contributed by atoms with van der Waals surface area (Å²) in [6.45, 7) is 5.51. The molecule has 10 nitrogen and oxygen atoms in total. The first kappa shape index (κ1) is 25.3. The Morgan fingerprint density at radius 1 is 1.08 bits per heavy atom. The van der Waals surface area contributed by atoms with Gasteiger partial charge in [0.2, 0.25) is 0 Å². The molecule has 2 heterocycles. The zero-order chi connectivity index (χ0) is 25.5. The van der Waals surface area contributed by atoms with Crippen molar-refractivity contribution in [1.82, 2.24) is 25.6 Å². The van der Waals surface area contributed by atoms with E-state index in [9.17, 15) is 9.59 Å². The Kier molecular flexibility index (Phi) is 8.29. The first-order valence-electron chi connectivity index (χ1n) is 12.0. The molecule has 10 heteroatoms. The molecule has 3 N–H and O–H groups in total. The zero-order valence-corrected chi connectivity index (χ0v) is 20.9. The van der Waals surface area contributed by atoms with Crippen LogP contribution in [-0.4, -0.2) is 68.0 Å². The second kappa shape index (κ2) is 11.8. The molecule has 0 radical (unpaired) electrons. The number of carbonyl (C=O) groups is 2. The van der Waals surface area contributed by atoms with E-state index in [-0.39, 0.29) is 11.9 Å². The van der Waals surface area contributed by atoms with E-state index >= 15 is 0 Å².